The lowest BCUT2D eigenvalue weighted by molar-refractivity contribution is -0.134. The van der Waals surface area contributed by atoms with Crippen LogP contribution in [-0.4, -0.2) is 50.7 Å². The van der Waals surface area contributed by atoms with Gasteiger partial charge in [0.1, 0.15) is 4.21 Å². The third-order valence-electron chi connectivity index (χ3n) is 3.26. The molecular weight excluding hydrogens is 284 g/mol. The Morgan fingerprint density at radius 1 is 1.47 bits per heavy atom. The van der Waals surface area contributed by atoms with Crippen molar-refractivity contribution < 1.29 is 13.2 Å². The molecule has 2 heterocycles. The van der Waals surface area contributed by atoms with Gasteiger partial charge < -0.3 is 4.90 Å². The van der Waals surface area contributed by atoms with Gasteiger partial charge >= 0.3 is 0 Å². The zero-order valence-corrected chi connectivity index (χ0v) is 12.7. The van der Waals surface area contributed by atoms with E-state index < -0.39 is 10.0 Å². The summed E-state index contributed by atoms with van der Waals surface area (Å²) in [6, 6.07) is 3.33. The average molecular weight is 302 g/mol. The molecule has 0 spiro atoms. The van der Waals surface area contributed by atoms with Gasteiger partial charge in [-0.3, -0.25) is 4.79 Å². The number of nitrogens with zero attached hydrogens (tertiary/aromatic N) is 2. The third kappa shape index (κ3) is 2.98. The molecule has 1 aromatic heterocycles. The Balaban J connectivity index is 2.16. The van der Waals surface area contributed by atoms with E-state index in [1.807, 2.05) is 0 Å². The van der Waals surface area contributed by atoms with Crippen LogP contribution in [0.3, 0.4) is 0 Å². The maximum absolute atomic E-state index is 12.4. The van der Waals surface area contributed by atoms with Crippen LogP contribution in [0.25, 0.3) is 0 Å². The van der Waals surface area contributed by atoms with Gasteiger partial charge in [0, 0.05) is 27.2 Å². The van der Waals surface area contributed by atoms with Crippen molar-refractivity contribution in [1.29, 1.82) is 0 Å². The molecule has 0 unspecified atom stereocenters. The van der Waals surface area contributed by atoms with Gasteiger partial charge in [0.15, 0.2) is 0 Å². The first-order valence-corrected chi connectivity index (χ1v) is 8.49. The predicted octanol–water partition coefficient (Wildman–Crippen LogP) is 1.24. The standard InChI is InChI=1S/C12H18N2O3S2/c1-13(2)12(15)10-5-3-7-14(9-10)19(16,17)11-6-4-8-18-11/h4,6,8,10H,3,5,7,9H2,1-2H3/t10-/m0/s1. The zero-order valence-electron chi connectivity index (χ0n) is 11.1. The lowest BCUT2D eigenvalue weighted by Gasteiger charge is -2.32. The molecule has 0 N–H and O–H groups in total. The number of hydrogen-bond acceptors (Lipinski definition) is 4. The minimum atomic E-state index is -3.43. The molecule has 0 bridgehead atoms. The molecule has 1 aliphatic rings. The first-order valence-electron chi connectivity index (χ1n) is 6.17. The average Bonchev–Trinajstić information content (AvgIpc) is 2.92. The van der Waals surface area contributed by atoms with E-state index in [0.717, 1.165) is 12.8 Å². The van der Waals surface area contributed by atoms with Crippen molar-refractivity contribution in [2.24, 2.45) is 5.92 Å². The molecule has 7 heteroatoms. The van der Waals surface area contributed by atoms with E-state index in [4.69, 9.17) is 0 Å². The summed E-state index contributed by atoms with van der Waals surface area (Å²) in [6.07, 6.45) is 1.49. The maximum Gasteiger partial charge on any atom is 0.252 e. The van der Waals surface area contributed by atoms with Crippen molar-refractivity contribution in [1.82, 2.24) is 9.21 Å². The summed E-state index contributed by atoms with van der Waals surface area (Å²) in [7, 11) is -0.0229. The number of carbonyl (C=O) groups excluding carboxylic acids is 1. The highest BCUT2D eigenvalue weighted by atomic mass is 32.2. The SMILES string of the molecule is CN(C)C(=O)[C@H]1CCCN(S(=O)(=O)c2cccs2)C1. The molecule has 106 valence electrons. The smallest absolute Gasteiger partial charge is 0.252 e. The second kappa shape index (κ2) is 5.60. The van der Waals surface area contributed by atoms with Gasteiger partial charge in [-0.2, -0.15) is 4.31 Å². The molecule has 1 atom stereocenters. The maximum atomic E-state index is 12.4. The molecular formula is C12H18N2O3S2. The fourth-order valence-corrected chi connectivity index (χ4v) is 4.93. The molecule has 19 heavy (non-hydrogen) atoms. The molecule has 5 nitrogen and oxygen atoms in total. The van der Waals surface area contributed by atoms with Gasteiger partial charge in [-0.25, -0.2) is 8.42 Å². The van der Waals surface area contributed by atoms with Gasteiger partial charge in [-0.1, -0.05) is 6.07 Å². The third-order valence-corrected chi connectivity index (χ3v) is 6.50. The van der Waals surface area contributed by atoms with Crippen LogP contribution in [0.1, 0.15) is 12.8 Å². The van der Waals surface area contributed by atoms with Crippen LogP contribution in [-0.2, 0) is 14.8 Å². The fraction of sp³-hybridized carbons (Fsp3) is 0.583. The predicted molar refractivity (Wildman–Crippen MR) is 74.5 cm³/mol. The zero-order chi connectivity index (χ0) is 14.0. The molecule has 0 aromatic carbocycles. The number of sulfonamides is 1. The van der Waals surface area contributed by atoms with Crippen molar-refractivity contribution in [2.45, 2.75) is 17.1 Å². The van der Waals surface area contributed by atoms with Crippen molar-refractivity contribution in [2.75, 3.05) is 27.2 Å². The number of piperidine rings is 1. The summed E-state index contributed by atoms with van der Waals surface area (Å²) in [5.74, 6) is -0.218. The first-order chi connectivity index (χ1) is 8.93. The highest BCUT2D eigenvalue weighted by Gasteiger charge is 2.34. The largest absolute Gasteiger partial charge is 0.349 e. The summed E-state index contributed by atoms with van der Waals surface area (Å²) in [4.78, 5) is 13.5. The van der Waals surface area contributed by atoms with Crippen LogP contribution in [0.5, 0.6) is 0 Å². The highest BCUT2D eigenvalue weighted by molar-refractivity contribution is 7.91. The lowest BCUT2D eigenvalue weighted by Crippen LogP contribution is -2.44. The van der Waals surface area contributed by atoms with Gasteiger partial charge in [-0.05, 0) is 24.3 Å². The summed E-state index contributed by atoms with van der Waals surface area (Å²) in [5, 5.41) is 1.75. The Morgan fingerprint density at radius 3 is 2.79 bits per heavy atom. The molecule has 1 aliphatic heterocycles. The normalized spacial score (nSPS) is 21.3. The monoisotopic (exact) mass is 302 g/mol. The van der Waals surface area contributed by atoms with Crippen LogP contribution < -0.4 is 0 Å². The summed E-state index contributed by atoms with van der Waals surface area (Å²) in [6.45, 7) is 0.786. The van der Waals surface area contributed by atoms with Crippen LogP contribution in [0, 0.1) is 5.92 Å². The van der Waals surface area contributed by atoms with E-state index in [-0.39, 0.29) is 18.4 Å². The Kier molecular flexibility index (Phi) is 4.27. The lowest BCUT2D eigenvalue weighted by atomic mass is 9.98. The van der Waals surface area contributed by atoms with Gasteiger partial charge in [0.25, 0.3) is 10.0 Å². The van der Waals surface area contributed by atoms with E-state index in [2.05, 4.69) is 0 Å². The van der Waals surface area contributed by atoms with Crippen LogP contribution in [0.15, 0.2) is 21.7 Å². The van der Waals surface area contributed by atoms with E-state index in [9.17, 15) is 13.2 Å². The van der Waals surface area contributed by atoms with Crippen molar-refractivity contribution in [3.63, 3.8) is 0 Å². The van der Waals surface area contributed by atoms with Crippen LogP contribution >= 0.6 is 11.3 Å². The topological polar surface area (TPSA) is 57.7 Å². The fourth-order valence-electron chi connectivity index (χ4n) is 2.26. The minimum Gasteiger partial charge on any atom is -0.349 e. The summed E-state index contributed by atoms with van der Waals surface area (Å²) in [5.41, 5.74) is 0. The second-order valence-corrected chi connectivity index (χ2v) is 7.98. The number of rotatable bonds is 3. The Bertz CT molecular complexity index is 537. The quantitative estimate of drug-likeness (QED) is 0.844. The highest BCUT2D eigenvalue weighted by Crippen LogP contribution is 2.26. The number of thiophene rings is 1. The first kappa shape index (κ1) is 14.5. The molecule has 0 saturated carbocycles. The number of hydrogen-bond donors (Lipinski definition) is 0. The van der Waals surface area contributed by atoms with Crippen molar-refractivity contribution >= 4 is 27.3 Å². The summed E-state index contributed by atoms with van der Waals surface area (Å²) >= 11 is 1.21. The second-order valence-electron chi connectivity index (χ2n) is 4.87. The number of amides is 1. The Morgan fingerprint density at radius 2 is 2.21 bits per heavy atom. The molecule has 1 aromatic rings. The Hall–Kier alpha value is -0.920. The molecule has 0 radical (unpaired) electrons. The van der Waals surface area contributed by atoms with Gasteiger partial charge in [-0.15, -0.1) is 11.3 Å². The minimum absolute atomic E-state index is 0.00563. The number of carbonyl (C=O) groups is 1. The van der Waals surface area contributed by atoms with Crippen LogP contribution in [0.2, 0.25) is 0 Å². The summed E-state index contributed by atoms with van der Waals surface area (Å²) < 4.78 is 26.6. The van der Waals surface area contributed by atoms with E-state index >= 15 is 0 Å². The molecule has 1 saturated heterocycles. The van der Waals surface area contributed by atoms with Gasteiger partial charge in [0.2, 0.25) is 5.91 Å². The molecule has 1 fully saturated rings. The van der Waals surface area contributed by atoms with E-state index in [0.29, 0.717) is 10.8 Å². The van der Waals surface area contributed by atoms with Crippen LogP contribution in [0.4, 0.5) is 0 Å². The van der Waals surface area contributed by atoms with Gasteiger partial charge in [0.05, 0.1) is 5.92 Å². The van der Waals surface area contributed by atoms with E-state index in [1.165, 1.54) is 20.5 Å². The van der Waals surface area contributed by atoms with E-state index in [1.54, 1.807) is 31.6 Å². The molecule has 0 aliphatic carbocycles. The Labute approximate surface area is 117 Å². The molecule has 1 amide bonds. The van der Waals surface area contributed by atoms with Crippen molar-refractivity contribution in [3.8, 4) is 0 Å². The van der Waals surface area contributed by atoms with Crippen molar-refractivity contribution in [3.05, 3.63) is 17.5 Å². The molecule has 2 rings (SSSR count).